The second-order valence-electron chi connectivity index (χ2n) is 4.54. The Balaban J connectivity index is 2.07. The van der Waals surface area contributed by atoms with Crippen LogP contribution in [0, 0.1) is 0 Å². The zero-order chi connectivity index (χ0) is 13.9. The van der Waals surface area contributed by atoms with Crippen molar-refractivity contribution < 1.29 is 8.42 Å². The van der Waals surface area contributed by atoms with Crippen LogP contribution in [0.15, 0.2) is 28.7 Å². The lowest BCUT2D eigenvalue weighted by Crippen LogP contribution is -2.50. The van der Waals surface area contributed by atoms with Crippen LogP contribution in [0.25, 0.3) is 0 Å². The number of piperazine rings is 1. The molecule has 0 bridgehead atoms. The van der Waals surface area contributed by atoms with E-state index in [9.17, 15) is 8.42 Å². The summed E-state index contributed by atoms with van der Waals surface area (Å²) >= 11 is 3.39. The second-order valence-corrected chi connectivity index (χ2v) is 7.49. The van der Waals surface area contributed by atoms with E-state index in [1.807, 2.05) is 24.3 Å². The normalized spacial score (nSPS) is 17.8. The van der Waals surface area contributed by atoms with Crippen molar-refractivity contribution in [1.29, 1.82) is 0 Å². The summed E-state index contributed by atoms with van der Waals surface area (Å²) in [7, 11) is -1.74. The van der Waals surface area contributed by atoms with Crippen LogP contribution >= 0.6 is 15.9 Å². The van der Waals surface area contributed by atoms with Gasteiger partial charge in [-0.2, -0.15) is 17.0 Å². The van der Waals surface area contributed by atoms with E-state index in [1.165, 1.54) is 8.61 Å². The van der Waals surface area contributed by atoms with Gasteiger partial charge in [0, 0.05) is 44.2 Å². The van der Waals surface area contributed by atoms with Gasteiger partial charge in [0.05, 0.1) is 0 Å². The minimum atomic E-state index is -3.36. The topological polar surface area (TPSA) is 52.7 Å². The fraction of sp³-hybridized carbons (Fsp3) is 0.500. The van der Waals surface area contributed by atoms with Gasteiger partial charge in [-0.25, -0.2) is 0 Å². The SMILES string of the molecule is CN(Cc1cccc(Br)c1)S(=O)(=O)N1CCNCC1. The molecular weight excluding hydrogens is 330 g/mol. The van der Waals surface area contributed by atoms with Gasteiger partial charge < -0.3 is 5.32 Å². The van der Waals surface area contributed by atoms with E-state index in [1.54, 1.807) is 7.05 Å². The number of halogens is 1. The number of hydrogen-bond donors (Lipinski definition) is 1. The summed E-state index contributed by atoms with van der Waals surface area (Å²) in [5, 5.41) is 3.15. The monoisotopic (exact) mass is 347 g/mol. The lowest BCUT2D eigenvalue weighted by molar-refractivity contribution is 0.324. The van der Waals surface area contributed by atoms with Gasteiger partial charge in [-0.05, 0) is 17.7 Å². The van der Waals surface area contributed by atoms with Crippen molar-refractivity contribution in [3.63, 3.8) is 0 Å². The third-order valence-corrected chi connectivity index (χ3v) is 5.52. The van der Waals surface area contributed by atoms with Crippen LogP contribution in [0.4, 0.5) is 0 Å². The molecule has 2 rings (SSSR count). The molecular formula is C12H18BrN3O2S. The average molecular weight is 348 g/mol. The number of nitrogens with one attached hydrogen (secondary N) is 1. The van der Waals surface area contributed by atoms with E-state index in [-0.39, 0.29) is 0 Å². The minimum absolute atomic E-state index is 0.381. The standard InChI is InChI=1S/C12H18BrN3O2S/c1-15(10-11-3-2-4-12(13)9-11)19(17,18)16-7-5-14-6-8-16/h2-4,9,14H,5-8,10H2,1H3. The van der Waals surface area contributed by atoms with Crippen molar-refractivity contribution in [2.75, 3.05) is 33.2 Å². The Morgan fingerprint density at radius 1 is 1.37 bits per heavy atom. The van der Waals surface area contributed by atoms with E-state index < -0.39 is 10.2 Å². The Bertz CT molecular complexity index is 530. The van der Waals surface area contributed by atoms with Gasteiger partial charge in [0.25, 0.3) is 10.2 Å². The molecule has 0 spiro atoms. The van der Waals surface area contributed by atoms with Gasteiger partial charge in [0.2, 0.25) is 0 Å². The predicted molar refractivity (Wildman–Crippen MR) is 79.0 cm³/mol. The molecule has 0 amide bonds. The van der Waals surface area contributed by atoms with Crippen LogP contribution in [-0.4, -0.2) is 50.3 Å². The third kappa shape index (κ3) is 3.76. The van der Waals surface area contributed by atoms with Crippen LogP contribution in [-0.2, 0) is 16.8 Å². The molecule has 1 saturated heterocycles. The summed E-state index contributed by atoms with van der Waals surface area (Å²) in [6.07, 6.45) is 0. The van der Waals surface area contributed by atoms with Crippen molar-refractivity contribution in [3.05, 3.63) is 34.3 Å². The zero-order valence-electron chi connectivity index (χ0n) is 10.8. The van der Waals surface area contributed by atoms with Gasteiger partial charge in [-0.3, -0.25) is 0 Å². The van der Waals surface area contributed by atoms with E-state index in [2.05, 4.69) is 21.2 Å². The smallest absolute Gasteiger partial charge is 0.282 e. The number of benzene rings is 1. The lowest BCUT2D eigenvalue weighted by Gasteiger charge is -2.30. The summed E-state index contributed by atoms with van der Waals surface area (Å²) in [4.78, 5) is 0. The molecule has 7 heteroatoms. The summed E-state index contributed by atoms with van der Waals surface area (Å²) in [6.45, 7) is 2.87. The van der Waals surface area contributed by atoms with Crippen LogP contribution in [0.1, 0.15) is 5.56 Å². The highest BCUT2D eigenvalue weighted by Crippen LogP contribution is 2.16. The molecule has 0 radical (unpaired) electrons. The lowest BCUT2D eigenvalue weighted by atomic mass is 10.2. The summed E-state index contributed by atoms with van der Waals surface area (Å²) in [5.41, 5.74) is 0.968. The fourth-order valence-corrected chi connectivity index (χ4v) is 3.84. The van der Waals surface area contributed by atoms with Gasteiger partial charge in [-0.15, -0.1) is 0 Å². The van der Waals surface area contributed by atoms with Gasteiger partial charge in [0.1, 0.15) is 0 Å². The largest absolute Gasteiger partial charge is 0.314 e. The molecule has 106 valence electrons. The Morgan fingerprint density at radius 2 is 2.05 bits per heavy atom. The molecule has 1 heterocycles. The Hall–Kier alpha value is -0.470. The third-order valence-electron chi connectivity index (χ3n) is 3.09. The highest BCUT2D eigenvalue weighted by molar-refractivity contribution is 9.10. The van der Waals surface area contributed by atoms with Crippen LogP contribution in [0.5, 0.6) is 0 Å². The van der Waals surface area contributed by atoms with E-state index >= 15 is 0 Å². The second kappa shape index (κ2) is 6.32. The number of hydrogen-bond acceptors (Lipinski definition) is 3. The quantitative estimate of drug-likeness (QED) is 0.884. The molecule has 5 nitrogen and oxygen atoms in total. The molecule has 0 saturated carbocycles. The molecule has 0 aromatic heterocycles. The van der Waals surface area contributed by atoms with E-state index in [0.717, 1.165) is 10.0 Å². The highest BCUT2D eigenvalue weighted by atomic mass is 79.9. The molecule has 1 aliphatic heterocycles. The first kappa shape index (κ1) is 14.9. The fourth-order valence-electron chi connectivity index (χ4n) is 2.05. The van der Waals surface area contributed by atoms with Crippen molar-refractivity contribution in [1.82, 2.24) is 13.9 Å². The van der Waals surface area contributed by atoms with Gasteiger partial charge in [-0.1, -0.05) is 28.1 Å². The molecule has 1 N–H and O–H groups in total. The van der Waals surface area contributed by atoms with E-state index in [0.29, 0.717) is 32.7 Å². The first-order valence-corrected chi connectivity index (χ1v) is 8.36. The molecule has 0 aliphatic carbocycles. The highest BCUT2D eigenvalue weighted by Gasteiger charge is 2.27. The minimum Gasteiger partial charge on any atom is -0.314 e. The Morgan fingerprint density at radius 3 is 2.68 bits per heavy atom. The van der Waals surface area contributed by atoms with Crippen molar-refractivity contribution in [2.24, 2.45) is 0 Å². The maximum absolute atomic E-state index is 12.4. The number of nitrogens with zero attached hydrogens (tertiary/aromatic N) is 2. The van der Waals surface area contributed by atoms with Crippen LogP contribution in [0.2, 0.25) is 0 Å². The summed E-state index contributed by atoms with van der Waals surface area (Å²) in [5.74, 6) is 0. The Labute approximate surface area is 122 Å². The van der Waals surface area contributed by atoms with Crippen molar-refractivity contribution >= 4 is 26.1 Å². The molecule has 0 unspecified atom stereocenters. The maximum Gasteiger partial charge on any atom is 0.282 e. The molecule has 1 fully saturated rings. The first-order valence-electron chi connectivity index (χ1n) is 6.17. The maximum atomic E-state index is 12.4. The van der Waals surface area contributed by atoms with Crippen molar-refractivity contribution in [2.45, 2.75) is 6.54 Å². The van der Waals surface area contributed by atoms with Gasteiger partial charge in [0.15, 0.2) is 0 Å². The molecule has 1 aromatic rings. The van der Waals surface area contributed by atoms with Gasteiger partial charge >= 0.3 is 0 Å². The zero-order valence-corrected chi connectivity index (χ0v) is 13.2. The first-order chi connectivity index (χ1) is 9.00. The van der Waals surface area contributed by atoms with Crippen LogP contribution < -0.4 is 5.32 Å². The van der Waals surface area contributed by atoms with Crippen LogP contribution in [0.3, 0.4) is 0 Å². The average Bonchev–Trinajstić information content (AvgIpc) is 2.39. The number of rotatable bonds is 4. The predicted octanol–water partition coefficient (Wildman–Crippen LogP) is 1.03. The van der Waals surface area contributed by atoms with Crippen molar-refractivity contribution in [3.8, 4) is 0 Å². The molecule has 1 aromatic carbocycles. The molecule has 1 aliphatic rings. The summed E-state index contributed by atoms with van der Waals surface area (Å²) in [6, 6.07) is 7.69. The Kier molecular flexibility index (Phi) is 4.97. The summed E-state index contributed by atoms with van der Waals surface area (Å²) < 4.78 is 28.7. The van der Waals surface area contributed by atoms with E-state index in [4.69, 9.17) is 0 Å². The molecule has 0 atom stereocenters. The molecule has 19 heavy (non-hydrogen) atoms.